The highest BCUT2D eigenvalue weighted by molar-refractivity contribution is 5.91. The van der Waals surface area contributed by atoms with Gasteiger partial charge in [0.05, 0.1) is 6.04 Å². The average molecular weight is 392 g/mol. The third-order valence-corrected chi connectivity index (χ3v) is 3.94. The fourth-order valence-electron chi connectivity index (χ4n) is 2.39. The minimum absolute atomic E-state index is 0.0746. The second kappa shape index (κ2) is 11.5. The molecule has 0 saturated heterocycles. The van der Waals surface area contributed by atoms with Gasteiger partial charge >= 0.3 is 5.97 Å². The van der Waals surface area contributed by atoms with E-state index in [4.69, 9.17) is 22.3 Å². The van der Waals surface area contributed by atoms with E-state index in [1.54, 1.807) is 0 Å². The van der Waals surface area contributed by atoms with Gasteiger partial charge in [-0.2, -0.15) is 0 Å². The smallest absolute Gasteiger partial charge is 0.325 e. The molecule has 10 heteroatoms. The van der Waals surface area contributed by atoms with Gasteiger partial charge in [0.15, 0.2) is 5.96 Å². The summed E-state index contributed by atoms with van der Waals surface area (Å²) in [6.45, 7) is 1.60. The molecule has 0 bridgehead atoms. The maximum Gasteiger partial charge on any atom is 0.325 e. The van der Waals surface area contributed by atoms with Crippen LogP contribution < -0.4 is 27.8 Å². The molecule has 0 unspecified atom stereocenters. The fourth-order valence-corrected chi connectivity index (χ4v) is 2.39. The summed E-state index contributed by atoms with van der Waals surface area (Å²) >= 11 is 0. The summed E-state index contributed by atoms with van der Waals surface area (Å²) in [6, 6.07) is 6.33. The Morgan fingerprint density at radius 1 is 1.11 bits per heavy atom. The number of aliphatic carboxylic acids is 1. The lowest BCUT2D eigenvalue weighted by molar-refractivity contribution is -0.141. The molecule has 10 nitrogen and oxygen atoms in total. The van der Waals surface area contributed by atoms with Gasteiger partial charge in [0.25, 0.3) is 0 Å². The molecular formula is C18H28N6O4. The number of hydrogen-bond acceptors (Lipinski definition) is 5. The Bertz CT molecular complexity index is 691. The summed E-state index contributed by atoms with van der Waals surface area (Å²) < 4.78 is 0. The summed E-state index contributed by atoms with van der Waals surface area (Å²) in [6.07, 6.45) is 0.935. The SMILES string of the molecule is C[C@H](NC(=O)[C@H](CCCN=C(N)N)NC(=O)[C@@H](N)Cc1ccccc1)C(=O)O. The molecule has 0 aliphatic heterocycles. The highest BCUT2D eigenvalue weighted by atomic mass is 16.4. The Hall–Kier alpha value is -3.14. The Labute approximate surface area is 163 Å². The number of carboxylic acids is 1. The van der Waals surface area contributed by atoms with Crippen molar-refractivity contribution >= 4 is 23.7 Å². The Balaban J connectivity index is 2.72. The number of aliphatic imine (C=N–C) groups is 1. The topological polar surface area (TPSA) is 186 Å². The maximum atomic E-state index is 12.4. The van der Waals surface area contributed by atoms with Crippen molar-refractivity contribution < 1.29 is 19.5 Å². The lowest BCUT2D eigenvalue weighted by Crippen LogP contribution is -2.54. The largest absolute Gasteiger partial charge is 0.480 e. The third kappa shape index (κ3) is 8.49. The Morgan fingerprint density at radius 3 is 2.32 bits per heavy atom. The van der Waals surface area contributed by atoms with E-state index in [-0.39, 0.29) is 18.9 Å². The number of rotatable bonds is 11. The van der Waals surface area contributed by atoms with Gasteiger partial charge in [0.1, 0.15) is 12.1 Å². The monoisotopic (exact) mass is 392 g/mol. The quantitative estimate of drug-likeness (QED) is 0.153. The first-order chi connectivity index (χ1) is 13.2. The van der Waals surface area contributed by atoms with Crippen molar-refractivity contribution in [2.24, 2.45) is 22.2 Å². The third-order valence-electron chi connectivity index (χ3n) is 3.94. The molecule has 0 aliphatic carbocycles. The van der Waals surface area contributed by atoms with Crippen LogP contribution in [0.25, 0.3) is 0 Å². The molecule has 0 heterocycles. The van der Waals surface area contributed by atoms with Crippen LogP contribution in [-0.2, 0) is 20.8 Å². The maximum absolute atomic E-state index is 12.4. The average Bonchev–Trinajstić information content (AvgIpc) is 2.64. The van der Waals surface area contributed by atoms with Gasteiger partial charge in [-0.15, -0.1) is 0 Å². The number of nitrogens with zero attached hydrogens (tertiary/aromatic N) is 1. The molecule has 28 heavy (non-hydrogen) atoms. The van der Waals surface area contributed by atoms with Gasteiger partial charge in [-0.1, -0.05) is 30.3 Å². The number of benzene rings is 1. The van der Waals surface area contributed by atoms with Crippen molar-refractivity contribution in [2.45, 2.75) is 44.3 Å². The predicted molar refractivity (Wildman–Crippen MR) is 105 cm³/mol. The lowest BCUT2D eigenvalue weighted by atomic mass is 10.0. The first-order valence-electron chi connectivity index (χ1n) is 8.89. The lowest BCUT2D eigenvalue weighted by Gasteiger charge is -2.21. The number of hydrogen-bond donors (Lipinski definition) is 6. The summed E-state index contributed by atoms with van der Waals surface area (Å²) in [5.41, 5.74) is 17.4. The zero-order chi connectivity index (χ0) is 21.1. The number of carbonyl (C=O) groups is 3. The molecule has 154 valence electrons. The highest BCUT2D eigenvalue weighted by Crippen LogP contribution is 2.04. The van der Waals surface area contributed by atoms with Crippen LogP contribution in [0.1, 0.15) is 25.3 Å². The van der Waals surface area contributed by atoms with E-state index in [0.29, 0.717) is 12.8 Å². The van der Waals surface area contributed by atoms with Crippen molar-refractivity contribution in [3.05, 3.63) is 35.9 Å². The molecule has 0 aromatic heterocycles. The van der Waals surface area contributed by atoms with Gasteiger partial charge in [-0.3, -0.25) is 19.4 Å². The standard InChI is InChI=1S/C18H28N6O4/c1-11(17(27)28)23-16(26)14(8-5-9-22-18(20)21)24-15(25)13(19)10-12-6-3-2-4-7-12/h2-4,6-7,11,13-14H,5,8-10,19H2,1H3,(H,23,26)(H,24,25)(H,27,28)(H4,20,21,22)/t11-,13-,14-/m0/s1. The number of carboxylic acid groups (broad SMARTS) is 1. The molecule has 1 aromatic carbocycles. The van der Waals surface area contributed by atoms with Crippen LogP contribution >= 0.6 is 0 Å². The normalized spacial score (nSPS) is 13.6. The van der Waals surface area contributed by atoms with E-state index in [9.17, 15) is 14.4 Å². The van der Waals surface area contributed by atoms with Crippen molar-refractivity contribution in [1.82, 2.24) is 10.6 Å². The molecule has 9 N–H and O–H groups in total. The molecule has 3 atom stereocenters. The minimum atomic E-state index is -1.18. The van der Waals surface area contributed by atoms with E-state index in [1.807, 2.05) is 30.3 Å². The number of guanidine groups is 1. The molecule has 0 fully saturated rings. The van der Waals surface area contributed by atoms with Gasteiger partial charge in [-0.25, -0.2) is 0 Å². The molecule has 1 rings (SSSR count). The number of nitrogens with two attached hydrogens (primary N) is 3. The van der Waals surface area contributed by atoms with E-state index in [2.05, 4.69) is 15.6 Å². The first kappa shape index (κ1) is 22.9. The second-order valence-electron chi connectivity index (χ2n) is 6.37. The van der Waals surface area contributed by atoms with E-state index in [0.717, 1.165) is 5.56 Å². The van der Waals surface area contributed by atoms with Crippen LogP contribution in [0.5, 0.6) is 0 Å². The number of carbonyl (C=O) groups excluding carboxylic acids is 2. The molecule has 0 saturated carbocycles. The molecular weight excluding hydrogens is 364 g/mol. The number of amides is 2. The number of nitrogens with one attached hydrogen (secondary N) is 2. The molecule has 0 spiro atoms. The summed E-state index contributed by atoms with van der Waals surface area (Å²) in [5, 5.41) is 13.9. The summed E-state index contributed by atoms with van der Waals surface area (Å²) in [4.78, 5) is 39.6. The van der Waals surface area contributed by atoms with Crippen LogP contribution in [0.4, 0.5) is 0 Å². The van der Waals surface area contributed by atoms with Gasteiger partial charge < -0.3 is 32.9 Å². The zero-order valence-corrected chi connectivity index (χ0v) is 15.8. The van der Waals surface area contributed by atoms with Crippen molar-refractivity contribution in [3.8, 4) is 0 Å². The minimum Gasteiger partial charge on any atom is -0.480 e. The Kier molecular flexibility index (Phi) is 9.44. The van der Waals surface area contributed by atoms with E-state index < -0.39 is 35.9 Å². The fraction of sp³-hybridized carbons (Fsp3) is 0.444. The van der Waals surface area contributed by atoms with Crippen LogP contribution in [0.3, 0.4) is 0 Å². The van der Waals surface area contributed by atoms with E-state index >= 15 is 0 Å². The first-order valence-corrected chi connectivity index (χ1v) is 8.89. The van der Waals surface area contributed by atoms with Gasteiger partial charge in [0.2, 0.25) is 11.8 Å². The highest BCUT2D eigenvalue weighted by Gasteiger charge is 2.26. The summed E-state index contributed by atoms with van der Waals surface area (Å²) in [5.74, 6) is -2.37. The van der Waals surface area contributed by atoms with Crippen LogP contribution in [0.15, 0.2) is 35.3 Å². The predicted octanol–water partition coefficient (Wildman–Crippen LogP) is -1.32. The summed E-state index contributed by atoms with van der Waals surface area (Å²) in [7, 11) is 0. The van der Waals surface area contributed by atoms with Crippen LogP contribution in [-0.4, -0.2) is 53.5 Å². The van der Waals surface area contributed by atoms with Crippen molar-refractivity contribution in [1.29, 1.82) is 0 Å². The van der Waals surface area contributed by atoms with E-state index in [1.165, 1.54) is 6.92 Å². The van der Waals surface area contributed by atoms with Crippen molar-refractivity contribution in [3.63, 3.8) is 0 Å². The van der Waals surface area contributed by atoms with Crippen molar-refractivity contribution in [2.75, 3.05) is 6.54 Å². The molecule has 0 aliphatic rings. The molecule has 0 radical (unpaired) electrons. The zero-order valence-electron chi connectivity index (χ0n) is 15.8. The van der Waals surface area contributed by atoms with Gasteiger partial charge in [0, 0.05) is 6.54 Å². The molecule has 2 amide bonds. The molecule has 1 aromatic rings. The second-order valence-corrected chi connectivity index (χ2v) is 6.37. The van der Waals surface area contributed by atoms with Crippen LogP contribution in [0, 0.1) is 0 Å². The Morgan fingerprint density at radius 2 is 1.75 bits per heavy atom. The van der Waals surface area contributed by atoms with Gasteiger partial charge in [-0.05, 0) is 31.7 Å². The van der Waals surface area contributed by atoms with Crippen LogP contribution in [0.2, 0.25) is 0 Å².